The minimum absolute atomic E-state index is 0.237. The number of benzene rings is 1. The van der Waals surface area contributed by atoms with Crippen molar-refractivity contribution in [1.82, 2.24) is 21.1 Å². The van der Waals surface area contributed by atoms with Crippen LogP contribution in [0.15, 0.2) is 29.5 Å². The molecule has 1 aromatic carbocycles. The van der Waals surface area contributed by atoms with Crippen molar-refractivity contribution in [2.24, 2.45) is 5.10 Å². The van der Waals surface area contributed by atoms with E-state index in [0.717, 1.165) is 5.56 Å². The molecule has 0 spiro atoms. The Balaban J connectivity index is 1.45. The second-order valence-electron chi connectivity index (χ2n) is 5.61. The number of carbonyl (C=O) groups is 1. The second kappa shape index (κ2) is 8.89. The van der Waals surface area contributed by atoms with Gasteiger partial charge in [-0.3, -0.25) is 9.80 Å². The third-order valence-corrected chi connectivity index (χ3v) is 4.68. The molecule has 0 bridgehead atoms. The van der Waals surface area contributed by atoms with E-state index in [2.05, 4.69) is 21.2 Å². The number of nitrogens with one attached hydrogen (secondary N) is 2. The van der Waals surface area contributed by atoms with E-state index in [1.54, 1.807) is 6.20 Å². The fourth-order valence-electron chi connectivity index (χ4n) is 2.24. The summed E-state index contributed by atoms with van der Waals surface area (Å²) in [6.07, 6.45) is 2.25. The van der Waals surface area contributed by atoms with Crippen LogP contribution in [0.25, 0.3) is 0 Å². The molecule has 3 N–H and O–H groups in total. The number of hydrazone groups is 1. The van der Waals surface area contributed by atoms with Crippen LogP contribution < -0.4 is 20.5 Å². The number of thiazole rings is 1. The van der Waals surface area contributed by atoms with Crippen LogP contribution in [0.1, 0.15) is 16.9 Å². The number of carboxylic acids is 1. The molecule has 9 nitrogen and oxygen atoms in total. The maximum Gasteiger partial charge on any atom is 0.324 e. The molecule has 1 aromatic heterocycles. The molecule has 2 heterocycles. The number of aliphatic carboxylic acids is 1. The number of carboxylic acid groups (broad SMARTS) is 1. The molecule has 0 saturated heterocycles. The van der Waals surface area contributed by atoms with Crippen LogP contribution in [-0.2, 0) is 4.79 Å². The molecular weight excluding hydrogens is 394 g/mol. The summed E-state index contributed by atoms with van der Waals surface area (Å²) in [5.74, 6) is 0.127. The van der Waals surface area contributed by atoms with Gasteiger partial charge in [0.2, 0.25) is 0 Å². The first-order chi connectivity index (χ1) is 13.0. The number of ether oxygens (including phenoxy) is 2. The molecule has 0 saturated carbocycles. The lowest BCUT2D eigenvalue weighted by atomic mass is 10.2. The lowest BCUT2D eigenvalue weighted by Crippen LogP contribution is -2.44. The zero-order chi connectivity index (χ0) is 19.2. The lowest BCUT2D eigenvalue weighted by Gasteiger charge is -2.14. The summed E-state index contributed by atoms with van der Waals surface area (Å²) in [5.41, 5.74) is 6.25. The van der Waals surface area contributed by atoms with Crippen molar-refractivity contribution in [3.8, 4) is 10.9 Å². The standard InChI is InChI=1S/C16H18ClN5O4S/c1-10-3-4-11(17)12(7-10)25-5-2-6-26-16-18-8-13(27-16)15-19-20-21-22(15)9-14(23)24/h3-4,7-8,20-21H,2,5-6,9H2,1H3,(H,23,24). The summed E-state index contributed by atoms with van der Waals surface area (Å²) in [5, 5.41) is 15.3. The van der Waals surface area contributed by atoms with Gasteiger partial charge >= 0.3 is 5.97 Å². The van der Waals surface area contributed by atoms with E-state index in [9.17, 15) is 4.79 Å². The fourth-order valence-corrected chi connectivity index (χ4v) is 3.20. The molecule has 0 amide bonds. The van der Waals surface area contributed by atoms with Crippen molar-refractivity contribution in [3.05, 3.63) is 39.9 Å². The highest BCUT2D eigenvalue weighted by atomic mass is 35.5. The Kier molecular flexibility index (Phi) is 6.32. The average molecular weight is 412 g/mol. The third-order valence-electron chi connectivity index (χ3n) is 3.46. The van der Waals surface area contributed by atoms with Gasteiger partial charge in [0, 0.05) is 6.42 Å². The summed E-state index contributed by atoms with van der Waals surface area (Å²) in [6.45, 7) is 2.63. The number of hydrogen-bond donors (Lipinski definition) is 3. The molecule has 0 fully saturated rings. The van der Waals surface area contributed by atoms with E-state index in [4.69, 9.17) is 26.2 Å². The van der Waals surface area contributed by atoms with Crippen molar-refractivity contribution in [2.75, 3.05) is 19.8 Å². The van der Waals surface area contributed by atoms with Gasteiger partial charge in [0.15, 0.2) is 5.84 Å². The highest BCUT2D eigenvalue weighted by molar-refractivity contribution is 7.15. The zero-order valence-corrected chi connectivity index (χ0v) is 16.0. The highest BCUT2D eigenvalue weighted by Crippen LogP contribution is 2.26. The Hall–Kier alpha value is -2.56. The summed E-state index contributed by atoms with van der Waals surface area (Å²) < 4.78 is 11.3. The number of halogens is 1. The number of amidine groups is 1. The van der Waals surface area contributed by atoms with Crippen molar-refractivity contribution in [3.63, 3.8) is 0 Å². The number of nitrogens with zero attached hydrogens (tertiary/aromatic N) is 3. The molecule has 2 aromatic rings. The van der Waals surface area contributed by atoms with Crippen molar-refractivity contribution in [2.45, 2.75) is 13.3 Å². The van der Waals surface area contributed by atoms with Crippen LogP contribution in [-0.4, -0.2) is 46.7 Å². The topological polar surface area (TPSA) is 108 Å². The van der Waals surface area contributed by atoms with Gasteiger partial charge in [0.25, 0.3) is 5.19 Å². The quantitative estimate of drug-likeness (QED) is 0.538. The Morgan fingerprint density at radius 2 is 2.19 bits per heavy atom. The Bertz CT molecular complexity index is 844. The Labute approximate surface area is 164 Å². The summed E-state index contributed by atoms with van der Waals surface area (Å²) in [7, 11) is 0. The monoisotopic (exact) mass is 411 g/mol. The van der Waals surface area contributed by atoms with Crippen LogP contribution in [0, 0.1) is 6.92 Å². The van der Waals surface area contributed by atoms with Crippen LogP contribution >= 0.6 is 22.9 Å². The smallest absolute Gasteiger partial charge is 0.324 e. The van der Waals surface area contributed by atoms with Gasteiger partial charge in [-0.05, 0) is 24.6 Å². The number of hydrogen-bond acceptors (Lipinski definition) is 9. The largest absolute Gasteiger partial charge is 0.492 e. The van der Waals surface area contributed by atoms with Crippen molar-refractivity contribution >= 4 is 34.7 Å². The first-order valence-electron chi connectivity index (χ1n) is 8.08. The molecule has 3 rings (SSSR count). The van der Waals surface area contributed by atoms with E-state index in [0.29, 0.717) is 46.3 Å². The number of rotatable bonds is 9. The second-order valence-corrected chi connectivity index (χ2v) is 7.01. The van der Waals surface area contributed by atoms with Gasteiger partial charge in [-0.15, -0.1) is 10.6 Å². The van der Waals surface area contributed by atoms with Gasteiger partial charge in [-0.25, -0.2) is 10.5 Å². The molecule has 11 heteroatoms. The van der Waals surface area contributed by atoms with Crippen LogP contribution in [0.4, 0.5) is 0 Å². The molecule has 0 unspecified atom stereocenters. The summed E-state index contributed by atoms with van der Waals surface area (Å²) in [6, 6.07) is 5.63. The van der Waals surface area contributed by atoms with E-state index < -0.39 is 5.97 Å². The molecule has 27 heavy (non-hydrogen) atoms. The third kappa shape index (κ3) is 5.22. The van der Waals surface area contributed by atoms with Crippen molar-refractivity contribution in [1.29, 1.82) is 0 Å². The Morgan fingerprint density at radius 3 is 3.00 bits per heavy atom. The highest BCUT2D eigenvalue weighted by Gasteiger charge is 2.23. The molecule has 0 radical (unpaired) electrons. The maximum absolute atomic E-state index is 10.9. The van der Waals surface area contributed by atoms with Gasteiger partial charge in [-0.2, -0.15) is 0 Å². The SMILES string of the molecule is Cc1ccc(Cl)c(OCCCOc2ncc(C3=NNNN3CC(=O)O)s2)c1. The van der Waals surface area contributed by atoms with Gasteiger partial charge in [0.05, 0.1) is 29.3 Å². The first kappa shape index (κ1) is 19.2. The van der Waals surface area contributed by atoms with E-state index in [1.165, 1.54) is 16.3 Å². The first-order valence-corrected chi connectivity index (χ1v) is 9.28. The van der Waals surface area contributed by atoms with E-state index in [-0.39, 0.29) is 6.54 Å². The zero-order valence-electron chi connectivity index (χ0n) is 14.4. The molecule has 0 aliphatic carbocycles. The van der Waals surface area contributed by atoms with E-state index >= 15 is 0 Å². The van der Waals surface area contributed by atoms with Crippen molar-refractivity contribution < 1.29 is 19.4 Å². The van der Waals surface area contributed by atoms with E-state index in [1.807, 2.05) is 25.1 Å². The molecule has 144 valence electrons. The van der Waals surface area contributed by atoms with Gasteiger partial charge in [-0.1, -0.05) is 29.0 Å². The Morgan fingerprint density at radius 1 is 1.37 bits per heavy atom. The predicted molar refractivity (Wildman–Crippen MR) is 101 cm³/mol. The minimum atomic E-state index is -0.978. The predicted octanol–water partition coefficient (Wildman–Crippen LogP) is 2.02. The summed E-state index contributed by atoms with van der Waals surface area (Å²) in [4.78, 5) is 15.7. The van der Waals surface area contributed by atoms with Crippen LogP contribution in [0.5, 0.6) is 10.9 Å². The normalized spacial score (nSPS) is 13.3. The van der Waals surface area contributed by atoms with Gasteiger partial charge < -0.3 is 14.6 Å². The number of aryl methyl sites for hydroxylation is 1. The number of hydrazine groups is 2. The average Bonchev–Trinajstić information content (AvgIpc) is 3.26. The molecular formula is C16H18ClN5O4S. The fraction of sp³-hybridized carbons (Fsp3) is 0.312. The minimum Gasteiger partial charge on any atom is -0.492 e. The maximum atomic E-state index is 10.9. The van der Waals surface area contributed by atoms with Gasteiger partial charge in [0.1, 0.15) is 12.3 Å². The number of aromatic nitrogens is 1. The molecule has 0 atom stereocenters. The molecule has 1 aliphatic rings. The molecule has 1 aliphatic heterocycles. The summed E-state index contributed by atoms with van der Waals surface area (Å²) >= 11 is 7.37. The lowest BCUT2D eigenvalue weighted by molar-refractivity contribution is -0.137. The van der Waals surface area contributed by atoms with Crippen LogP contribution in [0.2, 0.25) is 5.02 Å². The van der Waals surface area contributed by atoms with Crippen LogP contribution in [0.3, 0.4) is 0 Å².